The molecule has 118 valence electrons. The predicted molar refractivity (Wildman–Crippen MR) is 107 cm³/mol. The highest BCUT2D eigenvalue weighted by Crippen LogP contribution is 2.35. The minimum atomic E-state index is 0.439. The van der Waals surface area contributed by atoms with Crippen molar-refractivity contribution in [2.45, 2.75) is 0 Å². The first-order chi connectivity index (χ1) is 11.6. The summed E-state index contributed by atoms with van der Waals surface area (Å²) in [6.45, 7) is 0. The van der Waals surface area contributed by atoms with Crippen LogP contribution in [0.5, 0.6) is 0 Å². The van der Waals surface area contributed by atoms with Gasteiger partial charge in [0.25, 0.3) is 0 Å². The van der Waals surface area contributed by atoms with Crippen molar-refractivity contribution in [1.29, 1.82) is 0 Å². The van der Waals surface area contributed by atoms with Crippen LogP contribution in [0, 0.1) is 3.57 Å². The summed E-state index contributed by atoms with van der Waals surface area (Å²) in [7, 11) is 0. The van der Waals surface area contributed by atoms with Crippen LogP contribution in [-0.4, -0.2) is 14.5 Å². The highest BCUT2D eigenvalue weighted by atomic mass is 127. The Kier molecular flexibility index (Phi) is 4.20. The summed E-state index contributed by atoms with van der Waals surface area (Å²) in [5.41, 5.74) is 3.80. The molecule has 0 fully saturated rings. The number of rotatable bonds is 2. The summed E-state index contributed by atoms with van der Waals surface area (Å²) in [6, 6.07) is 15.9. The Morgan fingerprint density at radius 2 is 1.58 bits per heavy atom. The first kappa shape index (κ1) is 15.9. The van der Waals surface area contributed by atoms with E-state index in [4.69, 9.17) is 23.2 Å². The lowest BCUT2D eigenvalue weighted by atomic mass is 10.1. The number of fused-ring (bicyclic) bond motifs is 1. The highest BCUT2D eigenvalue weighted by Gasteiger charge is 2.16. The standard InChI is InChI=1S/C18H10Cl2IN3/c19-12-3-1-11(2-4-12)15-9-24(14-7-5-13(21)6-8-14)18-16(15)17(20)22-10-23-18/h1-10H. The van der Waals surface area contributed by atoms with E-state index in [-0.39, 0.29) is 0 Å². The molecule has 6 heteroatoms. The van der Waals surface area contributed by atoms with Gasteiger partial charge in [0.2, 0.25) is 0 Å². The molecular weight excluding hydrogens is 456 g/mol. The molecule has 4 aromatic rings. The molecule has 0 aliphatic heterocycles. The summed E-state index contributed by atoms with van der Waals surface area (Å²) in [5, 5.41) is 1.97. The number of nitrogens with zero attached hydrogens (tertiary/aromatic N) is 3. The second kappa shape index (κ2) is 6.35. The van der Waals surface area contributed by atoms with Crippen LogP contribution in [0.4, 0.5) is 0 Å². The van der Waals surface area contributed by atoms with Crippen LogP contribution in [0.3, 0.4) is 0 Å². The Balaban J connectivity index is 2.01. The monoisotopic (exact) mass is 465 g/mol. The topological polar surface area (TPSA) is 30.7 Å². The fourth-order valence-electron chi connectivity index (χ4n) is 2.67. The van der Waals surface area contributed by atoms with Gasteiger partial charge < -0.3 is 4.57 Å². The zero-order chi connectivity index (χ0) is 16.7. The molecule has 2 aromatic heterocycles. The lowest BCUT2D eigenvalue weighted by Gasteiger charge is -2.04. The zero-order valence-corrected chi connectivity index (χ0v) is 15.9. The molecule has 0 aliphatic carbocycles. The average molecular weight is 466 g/mol. The summed E-state index contributed by atoms with van der Waals surface area (Å²) < 4.78 is 3.21. The summed E-state index contributed by atoms with van der Waals surface area (Å²) in [4.78, 5) is 8.59. The van der Waals surface area contributed by atoms with E-state index >= 15 is 0 Å². The van der Waals surface area contributed by atoms with Gasteiger partial charge in [-0.3, -0.25) is 0 Å². The second-order valence-electron chi connectivity index (χ2n) is 5.26. The fraction of sp³-hybridized carbons (Fsp3) is 0. The molecule has 24 heavy (non-hydrogen) atoms. The minimum Gasteiger partial charge on any atom is -0.301 e. The Morgan fingerprint density at radius 3 is 2.29 bits per heavy atom. The summed E-state index contributed by atoms with van der Waals surface area (Å²) in [6.07, 6.45) is 3.52. The van der Waals surface area contributed by atoms with Gasteiger partial charge >= 0.3 is 0 Å². The molecule has 0 radical (unpaired) electrons. The molecule has 0 saturated carbocycles. The fourth-order valence-corrected chi connectivity index (χ4v) is 3.39. The van der Waals surface area contributed by atoms with E-state index in [0.717, 1.165) is 27.8 Å². The van der Waals surface area contributed by atoms with E-state index in [9.17, 15) is 0 Å². The predicted octanol–water partition coefficient (Wildman–Crippen LogP) is 6.00. The van der Waals surface area contributed by atoms with Crippen molar-refractivity contribution >= 4 is 56.8 Å². The van der Waals surface area contributed by atoms with Crippen molar-refractivity contribution in [2.24, 2.45) is 0 Å². The van der Waals surface area contributed by atoms with Crippen LogP contribution in [0.2, 0.25) is 10.2 Å². The lowest BCUT2D eigenvalue weighted by molar-refractivity contribution is 1.07. The Hall–Kier alpha value is -1.63. The summed E-state index contributed by atoms with van der Waals surface area (Å²) in [5.74, 6) is 0. The smallest absolute Gasteiger partial charge is 0.150 e. The molecule has 2 aromatic carbocycles. The third-order valence-electron chi connectivity index (χ3n) is 3.80. The highest BCUT2D eigenvalue weighted by molar-refractivity contribution is 14.1. The molecular formula is C18H10Cl2IN3. The van der Waals surface area contributed by atoms with Crippen molar-refractivity contribution in [3.63, 3.8) is 0 Å². The molecule has 0 amide bonds. The minimum absolute atomic E-state index is 0.439. The molecule has 0 bridgehead atoms. The largest absolute Gasteiger partial charge is 0.301 e. The Labute approximate surface area is 162 Å². The van der Waals surface area contributed by atoms with Gasteiger partial charge in [-0.2, -0.15) is 0 Å². The maximum atomic E-state index is 6.38. The van der Waals surface area contributed by atoms with Gasteiger partial charge in [-0.05, 0) is 64.6 Å². The molecule has 0 spiro atoms. The number of halogens is 3. The molecule has 0 unspecified atom stereocenters. The quantitative estimate of drug-likeness (QED) is 0.268. The van der Waals surface area contributed by atoms with Crippen molar-refractivity contribution in [3.05, 3.63) is 74.8 Å². The van der Waals surface area contributed by atoms with E-state index in [1.54, 1.807) is 0 Å². The van der Waals surface area contributed by atoms with Gasteiger partial charge in [0, 0.05) is 26.0 Å². The molecule has 0 atom stereocenters. The van der Waals surface area contributed by atoms with E-state index in [1.165, 1.54) is 9.90 Å². The summed E-state index contributed by atoms with van der Waals surface area (Å²) >= 11 is 14.7. The number of hydrogen-bond acceptors (Lipinski definition) is 2. The molecule has 2 heterocycles. The van der Waals surface area contributed by atoms with E-state index in [1.807, 2.05) is 35.0 Å². The van der Waals surface area contributed by atoms with E-state index in [2.05, 4.69) is 56.8 Å². The van der Waals surface area contributed by atoms with Gasteiger partial charge in [0.15, 0.2) is 0 Å². The van der Waals surface area contributed by atoms with Crippen molar-refractivity contribution in [1.82, 2.24) is 14.5 Å². The third kappa shape index (κ3) is 2.79. The number of hydrogen-bond donors (Lipinski definition) is 0. The molecule has 3 nitrogen and oxygen atoms in total. The van der Waals surface area contributed by atoms with Crippen LogP contribution in [0.25, 0.3) is 27.8 Å². The van der Waals surface area contributed by atoms with Gasteiger partial charge in [-0.25, -0.2) is 9.97 Å². The molecule has 0 saturated heterocycles. The average Bonchev–Trinajstić information content (AvgIpc) is 2.97. The Bertz CT molecular complexity index is 1020. The van der Waals surface area contributed by atoms with E-state index < -0.39 is 0 Å². The van der Waals surface area contributed by atoms with Gasteiger partial charge in [0.1, 0.15) is 17.1 Å². The Morgan fingerprint density at radius 1 is 0.875 bits per heavy atom. The normalized spacial score (nSPS) is 11.1. The van der Waals surface area contributed by atoms with Crippen molar-refractivity contribution in [2.75, 3.05) is 0 Å². The van der Waals surface area contributed by atoms with Crippen molar-refractivity contribution < 1.29 is 0 Å². The van der Waals surface area contributed by atoms with Crippen molar-refractivity contribution in [3.8, 4) is 16.8 Å². The van der Waals surface area contributed by atoms with Crippen LogP contribution in [0.15, 0.2) is 61.1 Å². The van der Waals surface area contributed by atoms with Gasteiger partial charge in [-0.15, -0.1) is 0 Å². The first-order valence-electron chi connectivity index (χ1n) is 7.17. The van der Waals surface area contributed by atoms with Crippen LogP contribution in [-0.2, 0) is 0 Å². The maximum Gasteiger partial charge on any atom is 0.150 e. The van der Waals surface area contributed by atoms with E-state index in [0.29, 0.717) is 10.2 Å². The molecule has 4 rings (SSSR count). The van der Waals surface area contributed by atoms with Gasteiger partial charge in [0.05, 0.1) is 5.39 Å². The van der Waals surface area contributed by atoms with Crippen LogP contribution >= 0.6 is 45.8 Å². The number of aromatic nitrogens is 3. The maximum absolute atomic E-state index is 6.38. The second-order valence-corrected chi connectivity index (χ2v) is 7.30. The molecule has 0 N–H and O–H groups in total. The van der Waals surface area contributed by atoms with Crippen LogP contribution < -0.4 is 0 Å². The third-order valence-corrected chi connectivity index (χ3v) is 5.05. The number of benzene rings is 2. The van der Waals surface area contributed by atoms with Gasteiger partial charge in [-0.1, -0.05) is 35.3 Å². The zero-order valence-electron chi connectivity index (χ0n) is 12.2. The SMILES string of the molecule is Clc1ccc(-c2cn(-c3ccc(I)cc3)c3ncnc(Cl)c23)cc1. The van der Waals surface area contributed by atoms with Crippen LogP contribution in [0.1, 0.15) is 0 Å². The molecule has 0 aliphatic rings. The first-order valence-corrected chi connectivity index (χ1v) is 9.00. The lowest BCUT2D eigenvalue weighted by Crippen LogP contribution is -1.94.